The molecule has 0 amide bonds. The lowest BCUT2D eigenvalue weighted by atomic mass is 9.96. The molecule has 0 aromatic heterocycles. The Hall–Kier alpha value is -3.78. The summed E-state index contributed by atoms with van der Waals surface area (Å²) in [5.41, 5.74) is 8.58. The minimum absolute atomic E-state index is 1.12. The van der Waals surface area contributed by atoms with Gasteiger partial charge in [0.1, 0.15) is 0 Å². The van der Waals surface area contributed by atoms with Crippen LogP contribution in [-0.4, -0.2) is 7.05 Å². The topological polar surface area (TPSA) is 6.48 Å². The Bertz CT molecular complexity index is 1180. The van der Waals surface area contributed by atoms with E-state index in [4.69, 9.17) is 0 Å². The molecule has 2 nitrogen and oxygen atoms in total. The monoisotopic (exact) mass is 402 g/mol. The molecule has 31 heavy (non-hydrogen) atoms. The van der Waals surface area contributed by atoms with Crippen LogP contribution in [0, 0.1) is 0 Å². The van der Waals surface area contributed by atoms with Crippen molar-refractivity contribution in [3.8, 4) is 0 Å². The molecule has 152 valence electrons. The Kier molecular flexibility index (Phi) is 5.28. The van der Waals surface area contributed by atoms with Crippen LogP contribution in [0.25, 0.3) is 6.08 Å². The number of fused-ring (bicyclic) bond motifs is 1. The average Bonchev–Trinajstić information content (AvgIpc) is 2.85. The van der Waals surface area contributed by atoms with Gasteiger partial charge in [-0.3, -0.25) is 0 Å². The summed E-state index contributed by atoms with van der Waals surface area (Å²) in [6, 6.07) is 36.7. The number of nitrogens with zero attached hydrogens (tertiary/aromatic N) is 2. The number of hydrogen-bond acceptors (Lipinski definition) is 2. The Labute approximate surface area is 184 Å². The Morgan fingerprint density at radius 1 is 0.581 bits per heavy atom. The van der Waals surface area contributed by atoms with E-state index in [1.54, 1.807) is 0 Å². The van der Waals surface area contributed by atoms with Crippen molar-refractivity contribution in [3.63, 3.8) is 0 Å². The molecule has 5 rings (SSSR count). The molecule has 4 aromatic carbocycles. The lowest BCUT2D eigenvalue weighted by Crippen LogP contribution is -2.12. The van der Waals surface area contributed by atoms with Crippen LogP contribution in [-0.2, 0) is 6.42 Å². The molecule has 0 saturated heterocycles. The van der Waals surface area contributed by atoms with Crippen LogP contribution in [0.1, 0.15) is 17.5 Å². The van der Waals surface area contributed by atoms with Crippen LogP contribution in [0.15, 0.2) is 109 Å². The van der Waals surface area contributed by atoms with E-state index in [2.05, 4.69) is 126 Å². The number of allylic oxidation sites excluding steroid dienone is 1. The highest BCUT2D eigenvalue weighted by atomic mass is 15.1. The molecular formula is C29H26N2. The van der Waals surface area contributed by atoms with Crippen molar-refractivity contribution >= 4 is 34.5 Å². The van der Waals surface area contributed by atoms with Crippen LogP contribution in [0.4, 0.5) is 28.4 Å². The molecule has 0 spiro atoms. The molecule has 1 aliphatic rings. The summed E-state index contributed by atoms with van der Waals surface area (Å²) in [5, 5.41) is 0. The fourth-order valence-corrected chi connectivity index (χ4v) is 4.20. The maximum absolute atomic E-state index is 2.33. The first-order valence-corrected chi connectivity index (χ1v) is 10.8. The van der Waals surface area contributed by atoms with E-state index in [1.165, 1.54) is 22.5 Å². The molecule has 4 aromatic rings. The van der Waals surface area contributed by atoms with Crippen molar-refractivity contribution in [2.45, 2.75) is 12.8 Å². The normalized spacial score (nSPS) is 12.3. The standard InChI is InChI=1S/C29H26N2/c1-30(25-12-4-2-5-13-25)26-18-20-28(21-19-26)31(27-14-6-3-7-15-27)29-17-16-23-10-8-9-11-24(23)22-29/h2-7,9,11-22H,8,10H2,1H3. The summed E-state index contributed by atoms with van der Waals surface area (Å²) in [7, 11) is 2.11. The molecular weight excluding hydrogens is 376 g/mol. The number of para-hydroxylation sites is 2. The van der Waals surface area contributed by atoms with Gasteiger partial charge in [0.15, 0.2) is 0 Å². The van der Waals surface area contributed by atoms with Gasteiger partial charge in [-0.1, -0.05) is 54.6 Å². The molecule has 0 aliphatic heterocycles. The predicted octanol–water partition coefficient (Wildman–Crippen LogP) is 7.88. The van der Waals surface area contributed by atoms with E-state index in [9.17, 15) is 0 Å². The van der Waals surface area contributed by atoms with Crippen LogP contribution in [0.5, 0.6) is 0 Å². The minimum atomic E-state index is 1.12. The highest BCUT2D eigenvalue weighted by molar-refractivity contribution is 5.79. The lowest BCUT2D eigenvalue weighted by Gasteiger charge is -2.27. The summed E-state index contributed by atoms with van der Waals surface area (Å²) in [5.74, 6) is 0. The minimum Gasteiger partial charge on any atom is -0.345 e. The predicted molar refractivity (Wildman–Crippen MR) is 133 cm³/mol. The molecule has 0 saturated carbocycles. The van der Waals surface area contributed by atoms with Gasteiger partial charge in [-0.25, -0.2) is 0 Å². The summed E-state index contributed by atoms with van der Waals surface area (Å²) >= 11 is 0. The zero-order valence-corrected chi connectivity index (χ0v) is 17.8. The van der Waals surface area contributed by atoms with Gasteiger partial charge in [0, 0.05) is 35.5 Å². The summed E-state index contributed by atoms with van der Waals surface area (Å²) in [6.45, 7) is 0. The fourth-order valence-electron chi connectivity index (χ4n) is 4.20. The second kappa shape index (κ2) is 8.53. The van der Waals surface area contributed by atoms with E-state index in [0.29, 0.717) is 0 Å². The molecule has 0 unspecified atom stereocenters. The summed E-state index contributed by atoms with van der Waals surface area (Å²) in [6.07, 6.45) is 6.78. The number of rotatable bonds is 5. The molecule has 0 bridgehead atoms. The van der Waals surface area contributed by atoms with Crippen LogP contribution in [0.2, 0.25) is 0 Å². The van der Waals surface area contributed by atoms with Gasteiger partial charge in [0.05, 0.1) is 0 Å². The van der Waals surface area contributed by atoms with Gasteiger partial charge in [-0.15, -0.1) is 0 Å². The van der Waals surface area contributed by atoms with Crippen molar-refractivity contribution in [2.24, 2.45) is 0 Å². The van der Waals surface area contributed by atoms with Crippen LogP contribution >= 0.6 is 0 Å². The van der Waals surface area contributed by atoms with Gasteiger partial charge >= 0.3 is 0 Å². The molecule has 0 N–H and O–H groups in total. The third-order valence-corrected chi connectivity index (χ3v) is 5.92. The Morgan fingerprint density at radius 2 is 1.13 bits per heavy atom. The Morgan fingerprint density at radius 3 is 1.84 bits per heavy atom. The van der Waals surface area contributed by atoms with Crippen molar-refractivity contribution in [2.75, 3.05) is 16.8 Å². The largest absolute Gasteiger partial charge is 0.345 e. The quantitative estimate of drug-likeness (QED) is 0.335. The second-order valence-corrected chi connectivity index (χ2v) is 7.91. The van der Waals surface area contributed by atoms with E-state index >= 15 is 0 Å². The summed E-state index contributed by atoms with van der Waals surface area (Å²) in [4.78, 5) is 4.54. The van der Waals surface area contributed by atoms with Crippen LogP contribution < -0.4 is 9.80 Å². The first-order chi connectivity index (χ1) is 15.3. The molecule has 0 fully saturated rings. The highest BCUT2D eigenvalue weighted by Crippen LogP contribution is 2.37. The fraction of sp³-hybridized carbons (Fsp3) is 0.103. The van der Waals surface area contributed by atoms with E-state index in [1.807, 2.05) is 6.07 Å². The van der Waals surface area contributed by atoms with E-state index in [-0.39, 0.29) is 0 Å². The highest BCUT2D eigenvalue weighted by Gasteiger charge is 2.15. The number of benzene rings is 4. The first kappa shape index (κ1) is 19.2. The third-order valence-electron chi connectivity index (χ3n) is 5.92. The SMILES string of the molecule is CN(c1ccccc1)c1ccc(N(c2ccccc2)c2ccc3c(c2)C=CCC3)cc1. The third kappa shape index (κ3) is 3.97. The van der Waals surface area contributed by atoms with E-state index in [0.717, 1.165) is 29.9 Å². The van der Waals surface area contributed by atoms with Crippen LogP contribution in [0.3, 0.4) is 0 Å². The molecule has 1 aliphatic carbocycles. The van der Waals surface area contributed by atoms with Gasteiger partial charge < -0.3 is 9.80 Å². The first-order valence-electron chi connectivity index (χ1n) is 10.8. The Balaban J connectivity index is 1.53. The molecule has 0 radical (unpaired) electrons. The van der Waals surface area contributed by atoms with E-state index < -0.39 is 0 Å². The number of anilines is 5. The van der Waals surface area contributed by atoms with Crippen molar-refractivity contribution in [3.05, 3.63) is 120 Å². The average molecular weight is 403 g/mol. The maximum atomic E-state index is 2.33. The van der Waals surface area contributed by atoms with Crippen molar-refractivity contribution in [1.29, 1.82) is 0 Å². The molecule has 0 atom stereocenters. The molecule has 0 heterocycles. The van der Waals surface area contributed by atoms with Gasteiger partial charge in [-0.2, -0.15) is 0 Å². The van der Waals surface area contributed by atoms with Gasteiger partial charge in [-0.05, 0) is 84.6 Å². The zero-order valence-electron chi connectivity index (χ0n) is 17.8. The number of aryl methyl sites for hydroxylation is 1. The van der Waals surface area contributed by atoms with Gasteiger partial charge in [0.25, 0.3) is 0 Å². The van der Waals surface area contributed by atoms with Crippen molar-refractivity contribution < 1.29 is 0 Å². The summed E-state index contributed by atoms with van der Waals surface area (Å²) < 4.78 is 0. The maximum Gasteiger partial charge on any atom is 0.0467 e. The zero-order chi connectivity index (χ0) is 21.0. The van der Waals surface area contributed by atoms with Gasteiger partial charge in [0.2, 0.25) is 0 Å². The lowest BCUT2D eigenvalue weighted by molar-refractivity contribution is 0.985. The second-order valence-electron chi connectivity index (χ2n) is 7.91. The molecule has 2 heteroatoms. The number of hydrogen-bond donors (Lipinski definition) is 0. The smallest absolute Gasteiger partial charge is 0.0467 e. The van der Waals surface area contributed by atoms with Crippen molar-refractivity contribution in [1.82, 2.24) is 0 Å².